The molecule has 1 aromatic heterocycles. The smallest absolute Gasteiger partial charge is 0.103 e. The molecule has 15 heavy (non-hydrogen) atoms. The van der Waals surface area contributed by atoms with Crippen molar-refractivity contribution in [1.82, 2.24) is 20.3 Å². The lowest BCUT2D eigenvalue weighted by Crippen LogP contribution is -2.40. The predicted octanol–water partition coefficient (Wildman–Crippen LogP) is -0.944. The van der Waals surface area contributed by atoms with Crippen molar-refractivity contribution in [3.8, 4) is 0 Å². The molecule has 6 heteroatoms. The van der Waals surface area contributed by atoms with E-state index in [1.807, 2.05) is 7.05 Å². The molecule has 0 amide bonds. The summed E-state index contributed by atoms with van der Waals surface area (Å²) in [6.45, 7) is 2.26. The summed E-state index contributed by atoms with van der Waals surface area (Å²) in [6, 6.07) is 0. The third kappa shape index (κ3) is 2.53. The summed E-state index contributed by atoms with van der Waals surface area (Å²) < 4.78 is 6.86. The van der Waals surface area contributed by atoms with Crippen molar-refractivity contribution in [2.45, 2.75) is 18.6 Å². The van der Waals surface area contributed by atoms with Gasteiger partial charge in [-0.15, -0.1) is 5.10 Å². The van der Waals surface area contributed by atoms with Gasteiger partial charge < -0.3 is 15.2 Å². The number of rotatable bonds is 4. The standard InChI is InChI=1S/C9H16N4O2/c1-13-8(5-11-12-13)4-10-6-9(14)2-3-15-7-9/h5,10,14H,2-4,6-7H2,1H3. The van der Waals surface area contributed by atoms with Crippen LogP contribution in [0.2, 0.25) is 0 Å². The molecule has 1 atom stereocenters. The number of hydrogen-bond acceptors (Lipinski definition) is 5. The Morgan fingerprint density at radius 3 is 3.20 bits per heavy atom. The molecular formula is C9H16N4O2. The van der Waals surface area contributed by atoms with Crippen LogP contribution in [-0.4, -0.2) is 45.5 Å². The van der Waals surface area contributed by atoms with Crippen LogP contribution >= 0.6 is 0 Å². The molecule has 1 fully saturated rings. The Labute approximate surface area is 88.2 Å². The van der Waals surface area contributed by atoms with Crippen LogP contribution in [0.1, 0.15) is 12.1 Å². The first kappa shape index (κ1) is 10.5. The van der Waals surface area contributed by atoms with Gasteiger partial charge in [0.15, 0.2) is 0 Å². The van der Waals surface area contributed by atoms with E-state index in [4.69, 9.17) is 4.74 Å². The number of aryl methyl sites for hydroxylation is 1. The Morgan fingerprint density at radius 1 is 1.73 bits per heavy atom. The average molecular weight is 212 g/mol. The van der Waals surface area contributed by atoms with Gasteiger partial charge in [0.1, 0.15) is 5.60 Å². The highest BCUT2D eigenvalue weighted by Gasteiger charge is 2.31. The molecule has 0 saturated carbocycles. The Balaban J connectivity index is 1.77. The minimum atomic E-state index is -0.702. The van der Waals surface area contributed by atoms with Gasteiger partial charge in [-0.25, -0.2) is 0 Å². The van der Waals surface area contributed by atoms with Crippen LogP contribution in [0.25, 0.3) is 0 Å². The summed E-state index contributed by atoms with van der Waals surface area (Å²) >= 11 is 0. The van der Waals surface area contributed by atoms with Crippen molar-refractivity contribution < 1.29 is 9.84 Å². The Kier molecular flexibility index (Phi) is 2.99. The van der Waals surface area contributed by atoms with Gasteiger partial charge in [0.2, 0.25) is 0 Å². The zero-order valence-electron chi connectivity index (χ0n) is 8.81. The minimum Gasteiger partial charge on any atom is -0.386 e. The van der Waals surface area contributed by atoms with E-state index in [0.29, 0.717) is 32.7 Å². The summed E-state index contributed by atoms with van der Waals surface area (Å²) in [7, 11) is 1.84. The summed E-state index contributed by atoms with van der Waals surface area (Å²) in [5.41, 5.74) is 0.295. The first-order valence-corrected chi connectivity index (χ1v) is 5.04. The fourth-order valence-corrected chi connectivity index (χ4v) is 1.63. The summed E-state index contributed by atoms with van der Waals surface area (Å²) in [5, 5.41) is 20.7. The largest absolute Gasteiger partial charge is 0.386 e. The summed E-state index contributed by atoms with van der Waals surface area (Å²) in [6.07, 6.45) is 2.41. The monoisotopic (exact) mass is 212 g/mol. The van der Waals surface area contributed by atoms with Crippen LogP contribution in [0, 0.1) is 0 Å². The maximum absolute atomic E-state index is 9.96. The molecule has 1 unspecified atom stereocenters. The number of aromatic nitrogens is 3. The molecule has 1 aliphatic rings. The maximum Gasteiger partial charge on any atom is 0.103 e. The van der Waals surface area contributed by atoms with E-state index < -0.39 is 5.60 Å². The zero-order valence-corrected chi connectivity index (χ0v) is 8.81. The molecule has 1 saturated heterocycles. The van der Waals surface area contributed by atoms with E-state index in [1.54, 1.807) is 10.9 Å². The fraction of sp³-hybridized carbons (Fsp3) is 0.778. The lowest BCUT2D eigenvalue weighted by Gasteiger charge is -2.20. The van der Waals surface area contributed by atoms with Crippen LogP contribution in [0.4, 0.5) is 0 Å². The Hall–Kier alpha value is -0.980. The second kappa shape index (κ2) is 4.26. The first-order chi connectivity index (χ1) is 7.20. The minimum absolute atomic E-state index is 0.420. The van der Waals surface area contributed by atoms with Gasteiger partial charge in [-0.2, -0.15) is 0 Å². The number of nitrogens with zero attached hydrogens (tertiary/aromatic N) is 3. The van der Waals surface area contributed by atoms with Gasteiger partial charge in [0.05, 0.1) is 18.5 Å². The first-order valence-electron chi connectivity index (χ1n) is 5.04. The van der Waals surface area contributed by atoms with Gasteiger partial charge in [0.25, 0.3) is 0 Å². The third-order valence-corrected chi connectivity index (χ3v) is 2.65. The average Bonchev–Trinajstić information content (AvgIpc) is 2.78. The third-order valence-electron chi connectivity index (χ3n) is 2.65. The number of hydrogen-bond donors (Lipinski definition) is 2. The molecule has 0 aliphatic carbocycles. The molecule has 84 valence electrons. The summed E-state index contributed by atoms with van der Waals surface area (Å²) in [5.74, 6) is 0. The molecule has 6 nitrogen and oxygen atoms in total. The number of aliphatic hydroxyl groups is 1. The fourth-order valence-electron chi connectivity index (χ4n) is 1.63. The maximum atomic E-state index is 9.96. The molecule has 2 rings (SSSR count). The van der Waals surface area contributed by atoms with E-state index in [2.05, 4.69) is 15.6 Å². The molecule has 0 bridgehead atoms. The highest BCUT2D eigenvalue weighted by atomic mass is 16.5. The van der Waals surface area contributed by atoms with Crippen molar-refractivity contribution in [1.29, 1.82) is 0 Å². The van der Waals surface area contributed by atoms with Gasteiger partial charge in [-0.05, 0) is 0 Å². The topological polar surface area (TPSA) is 72.2 Å². The quantitative estimate of drug-likeness (QED) is 0.673. The van der Waals surface area contributed by atoms with Crippen LogP contribution in [0.15, 0.2) is 6.20 Å². The van der Waals surface area contributed by atoms with Crippen molar-refractivity contribution in [3.05, 3.63) is 11.9 Å². The summed E-state index contributed by atoms with van der Waals surface area (Å²) in [4.78, 5) is 0. The molecule has 1 aromatic rings. The highest BCUT2D eigenvalue weighted by Crippen LogP contribution is 2.16. The van der Waals surface area contributed by atoms with Crippen molar-refractivity contribution >= 4 is 0 Å². The van der Waals surface area contributed by atoms with Gasteiger partial charge in [0, 0.05) is 33.2 Å². The molecule has 1 aliphatic heterocycles. The lowest BCUT2D eigenvalue weighted by atomic mass is 10.0. The predicted molar refractivity (Wildman–Crippen MR) is 53.1 cm³/mol. The van der Waals surface area contributed by atoms with E-state index in [9.17, 15) is 5.11 Å². The number of nitrogens with one attached hydrogen (secondary N) is 1. The molecular weight excluding hydrogens is 196 g/mol. The van der Waals surface area contributed by atoms with Gasteiger partial charge in [-0.3, -0.25) is 4.68 Å². The lowest BCUT2D eigenvalue weighted by molar-refractivity contribution is 0.0267. The zero-order chi connectivity index (χ0) is 10.7. The van der Waals surface area contributed by atoms with Crippen LogP contribution in [0.3, 0.4) is 0 Å². The van der Waals surface area contributed by atoms with E-state index in [-0.39, 0.29) is 0 Å². The van der Waals surface area contributed by atoms with Gasteiger partial charge >= 0.3 is 0 Å². The Morgan fingerprint density at radius 2 is 2.60 bits per heavy atom. The van der Waals surface area contributed by atoms with E-state index in [1.165, 1.54) is 0 Å². The second-order valence-electron chi connectivity index (χ2n) is 3.98. The van der Waals surface area contributed by atoms with Crippen molar-refractivity contribution in [3.63, 3.8) is 0 Å². The highest BCUT2D eigenvalue weighted by molar-refractivity contribution is 4.93. The second-order valence-corrected chi connectivity index (χ2v) is 3.98. The molecule has 2 N–H and O–H groups in total. The normalized spacial score (nSPS) is 26.0. The molecule has 0 aromatic carbocycles. The Bertz CT molecular complexity index is 320. The molecule has 0 spiro atoms. The SMILES string of the molecule is Cn1nncc1CNCC1(O)CCOC1. The van der Waals surface area contributed by atoms with Gasteiger partial charge in [-0.1, -0.05) is 5.21 Å². The number of ether oxygens (including phenoxy) is 1. The molecule has 0 radical (unpaired) electrons. The van der Waals surface area contributed by atoms with Crippen LogP contribution in [0.5, 0.6) is 0 Å². The van der Waals surface area contributed by atoms with Crippen molar-refractivity contribution in [2.75, 3.05) is 19.8 Å². The van der Waals surface area contributed by atoms with E-state index >= 15 is 0 Å². The van der Waals surface area contributed by atoms with Crippen LogP contribution in [-0.2, 0) is 18.3 Å². The van der Waals surface area contributed by atoms with Crippen molar-refractivity contribution in [2.24, 2.45) is 7.05 Å². The van der Waals surface area contributed by atoms with E-state index in [0.717, 1.165) is 5.69 Å². The van der Waals surface area contributed by atoms with Crippen LogP contribution < -0.4 is 5.32 Å². The molecule has 2 heterocycles.